The van der Waals surface area contributed by atoms with Gasteiger partial charge in [-0.15, -0.1) is 0 Å². The number of unbranched alkanes of at least 4 members (excludes halogenated alkanes) is 1. The summed E-state index contributed by atoms with van der Waals surface area (Å²) in [7, 11) is 4.02. The van der Waals surface area contributed by atoms with Gasteiger partial charge in [-0.1, -0.05) is 53.9 Å². The van der Waals surface area contributed by atoms with Crippen molar-refractivity contribution in [1.29, 1.82) is 0 Å². The Kier molecular flexibility index (Phi) is 11.5. The van der Waals surface area contributed by atoms with Crippen molar-refractivity contribution < 1.29 is 14.3 Å². The van der Waals surface area contributed by atoms with E-state index in [0.29, 0.717) is 27.8 Å². The molecule has 0 heterocycles. The van der Waals surface area contributed by atoms with E-state index in [0.717, 1.165) is 24.9 Å². The SMILES string of the molecule is CN(C)CCCC[C@H](N)C(=O)NCCOC(=O)Cc1ccccc1Nc1c(Cl)cccc1Cl. The minimum Gasteiger partial charge on any atom is -0.464 e. The molecule has 0 aliphatic heterocycles. The van der Waals surface area contributed by atoms with Gasteiger partial charge in [-0.2, -0.15) is 0 Å². The summed E-state index contributed by atoms with van der Waals surface area (Å²) in [5, 5.41) is 6.86. The molecule has 2 aromatic rings. The predicted octanol–water partition coefficient (Wildman–Crippen LogP) is 4.00. The second-order valence-corrected chi connectivity index (χ2v) is 8.79. The van der Waals surface area contributed by atoms with E-state index >= 15 is 0 Å². The molecular formula is C24H32Cl2N4O3. The number of anilines is 2. The minimum absolute atomic E-state index is 0.0601. The molecule has 2 rings (SSSR count). The lowest BCUT2D eigenvalue weighted by molar-refractivity contribution is -0.143. The minimum atomic E-state index is -0.558. The Balaban J connectivity index is 1.76. The third-order valence-electron chi connectivity index (χ3n) is 4.95. The molecule has 0 aromatic heterocycles. The van der Waals surface area contributed by atoms with Crippen molar-refractivity contribution in [2.24, 2.45) is 5.73 Å². The maximum atomic E-state index is 12.3. The number of esters is 1. The Morgan fingerprint density at radius 2 is 1.76 bits per heavy atom. The van der Waals surface area contributed by atoms with E-state index in [4.69, 9.17) is 33.7 Å². The van der Waals surface area contributed by atoms with Crippen LogP contribution < -0.4 is 16.4 Å². The molecule has 0 radical (unpaired) electrons. The molecule has 180 valence electrons. The van der Waals surface area contributed by atoms with E-state index in [1.54, 1.807) is 18.2 Å². The highest BCUT2D eigenvalue weighted by atomic mass is 35.5. The second kappa shape index (κ2) is 14.1. The third kappa shape index (κ3) is 9.60. The highest BCUT2D eigenvalue weighted by Crippen LogP contribution is 2.33. The van der Waals surface area contributed by atoms with Crippen molar-refractivity contribution in [1.82, 2.24) is 10.2 Å². The van der Waals surface area contributed by atoms with Crippen molar-refractivity contribution in [3.8, 4) is 0 Å². The lowest BCUT2D eigenvalue weighted by Crippen LogP contribution is -2.42. The predicted molar refractivity (Wildman–Crippen MR) is 134 cm³/mol. The molecule has 9 heteroatoms. The molecule has 2 aromatic carbocycles. The van der Waals surface area contributed by atoms with Gasteiger partial charge in [0.15, 0.2) is 0 Å². The first-order valence-corrected chi connectivity index (χ1v) is 11.7. The van der Waals surface area contributed by atoms with Crippen LogP contribution in [-0.2, 0) is 20.7 Å². The largest absolute Gasteiger partial charge is 0.464 e. The van der Waals surface area contributed by atoms with Crippen molar-refractivity contribution in [2.75, 3.05) is 39.1 Å². The fourth-order valence-corrected chi connectivity index (χ4v) is 3.64. The van der Waals surface area contributed by atoms with Gasteiger partial charge in [0.1, 0.15) is 6.61 Å². The standard InChI is InChI=1S/C24H32Cl2N4O3/c1-30(2)14-6-5-11-20(27)24(32)28-13-15-33-22(31)16-17-8-3-4-12-21(17)29-23-18(25)9-7-10-19(23)26/h3-4,7-10,12,20,29H,5-6,11,13-16,27H2,1-2H3,(H,28,32)/t20-/m0/s1. The average Bonchev–Trinajstić information content (AvgIpc) is 2.77. The van der Waals surface area contributed by atoms with Crippen LogP contribution in [0.15, 0.2) is 42.5 Å². The van der Waals surface area contributed by atoms with E-state index < -0.39 is 12.0 Å². The van der Waals surface area contributed by atoms with Crippen LogP contribution in [-0.4, -0.2) is 56.6 Å². The Morgan fingerprint density at radius 3 is 2.45 bits per heavy atom. The van der Waals surface area contributed by atoms with Gasteiger partial charge in [0.25, 0.3) is 0 Å². The molecule has 1 atom stereocenters. The molecule has 1 amide bonds. The fraction of sp³-hybridized carbons (Fsp3) is 0.417. The summed E-state index contributed by atoms with van der Waals surface area (Å²) in [4.78, 5) is 26.5. The Bertz CT molecular complexity index is 904. The highest BCUT2D eigenvalue weighted by Gasteiger charge is 2.14. The number of hydrogen-bond acceptors (Lipinski definition) is 6. The molecule has 7 nitrogen and oxygen atoms in total. The normalized spacial score (nSPS) is 11.8. The number of para-hydroxylation sites is 2. The number of ether oxygens (including phenoxy) is 1. The first kappa shape index (κ1) is 26.9. The van der Waals surface area contributed by atoms with Crippen LogP contribution in [0.2, 0.25) is 10.0 Å². The summed E-state index contributed by atoms with van der Waals surface area (Å²) in [5.41, 5.74) is 7.94. The second-order valence-electron chi connectivity index (χ2n) is 7.97. The molecular weight excluding hydrogens is 463 g/mol. The molecule has 0 fully saturated rings. The van der Waals surface area contributed by atoms with Gasteiger partial charge in [0.05, 0.1) is 34.7 Å². The van der Waals surface area contributed by atoms with Gasteiger partial charge in [0.2, 0.25) is 5.91 Å². The topological polar surface area (TPSA) is 96.7 Å². The van der Waals surface area contributed by atoms with Crippen LogP contribution in [0.25, 0.3) is 0 Å². The average molecular weight is 495 g/mol. The Hall–Kier alpha value is -2.32. The highest BCUT2D eigenvalue weighted by molar-refractivity contribution is 6.39. The third-order valence-corrected chi connectivity index (χ3v) is 5.58. The van der Waals surface area contributed by atoms with Crippen molar-refractivity contribution in [3.63, 3.8) is 0 Å². The zero-order chi connectivity index (χ0) is 24.2. The van der Waals surface area contributed by atoms with Gasteiger partial charge in [-0.25, -0.2) is 0 Å². The molecule has 33 heavy (non-hydrogen) atoms. The number of amides is 1. The number of nitrogens with two attached hydrogens (primary N) is 1. The van der Waals surface area contributed by atoms with Gasteiger partial charge in [-0.3, -0.25) is 9.59 Å². The summed E-state index contributed by atoms with van der Waals surface area (Å²) < 4.78 is 5.27. The summed E-state index contributed by atoms with van der Waals surface area (Å²) >= 11 is 12.5. The summed E-state index contributed by atoms with van der Waals surface area (Å²) in [6.45, 7) is 1.25. The molecule has 0 unspecified atom stereocenters. The molecule has 4 N–H and O–H groups in total. The number of carbonyl (C=O) groups excluding carboxylic acids is 2. The molecule has 0 saturated heterocycles. The van der Waals surface area contributed by atoms with Crippen molar-refractivity contribution in [2.45, 2.75) is 31.7 Å². The number of hydrogen-bond donors (Lipinski definition) is 3. The van der Waals surface area contributed by atoms with E-state index in [1.165, 1.54) is 0 Å². The number of halogens is 2. The molecule has 0 spiro atoms. The maximum Gasteiger partial charge on any atom is 0.310 e. The van der Waals surface area contributed by atoms with Crippen LogP contribution in [0, 0.1) is 0 Å². The summed E-state index contributed by atoms with van der Waals surface area (Å²) in [5.74, 6) is -0.640. The van der Waals surface area contributed by atoms with Crippen molar-refractivity contribution in [3.05, 3.63) is 58.1 Å². The smallest absolute Gasteiger partial charge is 0.310 e. The number of carbonyl (C=O) groups is 2. The Morgan fingerprint density at radius 1 is 1.06 bits per heavy atom. The lowest BCUT2D eigenvalue weighted by atomic mass is 10.1. The van der Waals surface area contributed by atoms with Crippen LogP contribution in [0.5, 0.6) is 0 Å². The van der Waals surface area contributed by atoms with Gasteiger partial charge in [0, 0.05) is 5.69 Å². The zero-order valence-electron chi connectivity index (χ0n) is 19.1. The maximum absolute atomic E-state index is 12.3. The fourth-order valence-electron chi connectivity index (χ4n) is 3.15. The molecule has 0 bridgehead atoms. The lowest BCUT2D eigenvalue weighted by Gasteiger charge is -2.15. The van der Waals surface area contributed by atoms with Gasteiger partial charge < -0.3 is 26.0 Å². The number of nitrogens with zero attached hydrogens (tertiary/aromatic N) is 1. The van der Waals surface area contributed by atoms with Crippen LogP contribution in [0.3, 0.4) is 0 Å². The van der Waals surface area contributed by atoms with Crippen LogP contribution in [0.1, 0.15) is 24.8 Å². The first-order valence-electron chi connectivity index (χ1n) is 10.9. The molecule has 0 saturated carbocycles. The van der Waals surface area contributed by atoms with Crippen LogP contribution in [0.4, 0.5) is 11.4 Å². The monoisotopic (exact) mass is 494 g/mol. The number of nitrogens with one attached hydrogen (secondary N) is 2. The number of benzene rings is 2. The van der Waals surface area contributed by atoms with E-state index in [-0.39, 0.29) is 25.5 Å². The van der Waals surface area contributed by atoms with E-state index in [9.17, 15) is 9.59 Å². The van der Waals surface area contributed by atoms with Crippen molar-refractivity contribution >= 4 is 46.5 Å². The van der Waals surface area contributed by atoms with E-state index in [2.05, 4.69) is 15.5 Å². The number of rotatable bonds is 13. The van der Waals surface area contributed by atoms with E-state index in [1.807, 2.05) is 38.4 Å². The van der Waals surface area contributed by atoms with Gasteiger partial charge in [-0.05, 0) is 57.2 Å². The first-order chi connectivity index (χ1) is 15.8. The van der Waals surface area contributed by atoms with Crippen LogP contribution >= 0.6 is 23.2 Å². The quantitative estimate of drug-likeness (QED) is 0.287. The molecule has 0 aliphatic carbocycles. The zero-order valence-corrected chi connectivity index (χ0v) is 20.6. The Labute approximate surface area is 205 Å². The molecule has 0 aliphatic rings. The summed E-state index contributed by atoms with van der Waals surface area (Å²) in [6, 6.07) is 12.0. The van der Waals surface area contributed by atoms with Gasteiger partial charge >= 0.3 is 5.97 Å². The summed E-state index contributed by atoms with van der Waals surface area (Å²) in [6.07, 6.45) is 2.56.